The number of amides is 1. The molecule has 0 radical (unpaired) electrons. The highest BCUT2D eigenvalue weighted by molar-refractivity contribution is 7.22. The summed E-state index contributed by atoms with van der Waals surface area (Å²) in [4.78, 5) is 38.4. The van der Waals surface area contributed by atoms with E-state index in [4.69, 9.17) is 14.5 Å². The smallest absolute Gasteiger partial charge is 0.301 e. The van der Waals surface area contributed by atoms with Crippen molar-refractivity contribution in [2.24, 2.45) is 0 Å². The van der Waals surface area contributed by atoms with Gasteiger partial charge in [0.2, 0.25) is 0 Å². The third-order valence-corrected chi connectivity index (χ3v) is 8.68. The molecule has 1 atom stereocenters. The molecule has 4 heterocycles. The summed E-state index contributed by atoms with van der Waals surface area (Å²) in [6.07, 6.45) is 1.76. The van der Waals surface area contributed by atoms with Gasteiger partial charge in [-0.05, 0) is 67.4 Å². The van der Waals surface area contributed by atoms with Crippen molar-refractivity contribution in [3.8, 4) is 11.5 Å². The summed E-state index contributed by atoms with van der Waals surface area (Å²) in [5.74, 6) is -0.670. The lowest BCUT2D eigenvalue weighted by Gasteiger charge is -2.23. The Morgan fingerprint density at radius 1 is 0.911 bits per heavy atom. The fourth-order valence-corrected chi connectivity index (χ4v) is 6.66. The van der Waals surface area contributed by atoms with Crippen molar-refractivity contribution < 1.29 is 24.2 Å². The van der Waals surface area contributed by atoms with Crippen LogP contribution in [0.15, 0.2) is 103 Å². The van der Waals surface area contributed by atoms with E-state index in [0.29, 0.717) is 58.0 Å². The minimum Gasteiger partial charge on any atom is -0.505 e. The van der Waals surface area contributed by atoms with Gasteiger partial charge in [0.25, 0.3) is 5.78 Å². The Morgan fingerprint density at radius 3 is 2.53 bits per heavy atom. The Bertz CT molecular complexity index is 2120. The van der Waals surface area contributed by atoms with Crippen molar-refractivity contribution in [3.63, 3.8) is 0 Å². The van der Waals surface area contributed by atoms with E-state index >= 15 is 0 Å². The van der Waals surface area contributed by atoms with Crippen LogP contribution in [0.2, 0.25) is 0 Å². The van der Waals surface area contributed by atoms with Crippen LogP contribution < -0.4 is 14.4 Å². The van der Waals surface area contributed by atoms with Gasteiger partial charge in [0.15, 0.2) is 10.9 Å². The number of thiazole rings is 1. The van der Waals surface area contributed by atoms with Crippen LogP contribution in [0.5, 0.6) is 11.5 Å². The van der Waals surface area contributed by atoms with Gasteiger partial charge in [-0.15, -0.1) is 0 Å². The summed E-state index contributed by atoms with van der Waals surface area (Å²) >= 11 is 1.28. The molecule has 0 bridgehead atoms. The Hall–Kier alpha value is -5.48. The number of aromatic nitrogens is 3. The largest absolute Gasteiger partial charge is 0.505 e. The number of Topliss-reactive ketones (excluding diaryl/α,β-unsaturated/α-hetero) is 1. The number of anilines is 1. The fraction of sp³-hybridized carbons (Fsp3) is 0.143. The molecule has 6 aromatic rings. The third-order valence-electron chi connectivity index (χ3n) is 7.66. The zero-order chi connectivity index (χ0) is 31.1. The van der Waals surface area contributed by atoms with Crippen molar-refractivity contribution in [2.45, 2.75) is 26.5 Å². The van der Waals surface area contributed by atoms with Gasteiger partial charge < -0.3 is 14.6 Å². The molecule has 0 aliphatic carbocycles. The second-order valence-corrected chi connectivity index (χ2v) is 11.6. The molecule has 1 aliphatic rings. The van der Waals surface area contributed by atoms with Gasteiger partial charge in [0, 0.05) is 6.20 Å². The topological polar surface area (TPSA) is 106 Å². The highest BCUT2D eigenvalue weighted by Gasteiger charge is 2.48. The highest BCUT2D eigenvalue weighted by atomic mass is 32.1. The van der Waals surface area contributed by atoms with Crippen molar-refractivity contribution in [1.82, 2.24) is 14.4 Å². The number of aliphatic hydroxyl groups is 1. The summed E-state index contributed by atoms with van der Waals surface area (Å²) in [7, 11) is 0. The maximum Gasteiger partial charge on any atom is 0.301 e. The summed E-state index contributed by atoms with van der Waals surface area (Å²) in [6, 6.07) is 27.0. The standard InChI is InChI=1S/C35H28N4O5S/c1-3-43-25-15-16-26-27(19-25)45-35(37-26)39-31(23-12-9-13-24(18-23)44-20-22-10-5-4-6-11-22)29(33(41)34(39)42)32(40)30-21(2)36-28-14-7-8-17-38(28)30/h4-19,31,40H,3,20H2,1-2H3. The molecule has 1 fully saturated rings. The van der Waals surface area contributed by atoms with E-state index in [2.05, 4.69) is 4.98 Å². The molecule has 0 saturated carbocycles. The van der Waals surface area contributed by atoms with Crippen molar-refractivity contribution >= 4 is 49.8 Å². The lowest BCUT2D eigenvalue weighted by Crippen LogP contribution is -2.29. The van der Waals surface area contributed by atoms with Gasteiger partial charge in [0.05, 0.1) is 34.1 Å². The summed E-state index contributed by atoms with van der Waals surface area (Å²) < 4.78 is 14.3. The fourth-order valence-electron chi connectivity index (χ4n) is 5.64. The molecular weight excluding hydrogens is 588 g/mol. The quantitative estimate of drug-likeness (QED) is 0.113. The molecule has 1 aliphatic heterocycles. The number of fused-ring (bicyclic) bond motifs is 2. The molecule has 0 spiro atoms. The van der Waals surface area contributed by atoms with Crippen LogP contribution in [0.3, 0.4) is 0 Å². The molecule has 9 nitrogen and oxygen atoms in total. The Kier molecular flexibility index (Phi) is 7.26. The van der Waals surface area contributed by atoms with E-state index in [9.17, 15) is 14.7 Å². The third kappa shape index (κ3) is 5.08. The van der Waals surface area contributed by atoms with Crippen LogP contribution in [0.1, 0.15) is 35.5 Å². The van der Waals surface area contributed by atoms with E-state index in [-0.39, 0.29) is 11.3 Å². The van der Waals surface area contributed by atoms with Crippen molar-refractivity contribution in [3.05, 3.63) is 125 Å². The number of hydrogen-bond acceptors (Lipinski definition) is 8. The summed E-state index contributed by atoms with van der Waals surface area (Å²) in [5, 5.41) is 12.2. The van der Waals surface area contributed by atoms with Crippen LogP contribution in [-0.4, -0.2) is 37.8 Å². The van der Waals surface area contributed by atoms with Gasteiger partial charge in [-0.1, -0.05) is 59.9 Å². The lowest BCUT2D eigenvalue weighted by molar-refractivity contribution is -0.132. The van der Waals surface area contributed by atoms with Gasteiger partial charge >= 0.3 is 5.91 Å². The molecule has 3 aromatic carbocycles. The van der Waals surface area contributed by atoms with Crippen LogP contribution in [0, 0.1) is 6.92 Å². The van der Waals surface area contributed by atoms with E-state index in [1.165, 1.54) is 16.2 Å². The Labute approximate surface area is 262 Å². The van der Waals surface area contributed by atoms with Crippen molar-refractivity contribution in [1.29, 1.82) is 0 Å². The molecule has 1 saturated heterocycles. The molecule has 1 amide bonds. The van der Waals surface area contributed by atoms with Crippen LogP contribution in [0.25, 0.3) is 21.6 Å². The molecule has 1 unspecified atom stereocenters. The van der Waals surface area contributed by atoms with E-state index < -0.39 is 17.7 Å². The number of pyridine rings is 1. The van der Waals surface area contributed by atoms with E-state index in [1.807, 2.05) is 91.9 Å². The summed E-state index contributed by atoms with van der Waals surface area (Å²) in [6.45, 7) is 4.52. The van der Waals surface area contributed by atoms with Crippen molar-refractivity contribution in [2.75, 3.05) is 11.5 Å². The highest BCUT2D eigenvalue weighted by Crippen LogP contribution is 2.45. The van der Waals surface area contributed by atoms with Gasteiger partial charge in [-0.25, -0.2) is 9.97 Å². The second kappa shape index (κ2) is 11.5. The average Bonchev–Trinajstić information content (AvgIpc) is 3.71. The number of carbonyl (C=O) groups is 2. The first-order valence-electron chi connectivity index (χ1n) is 14.5. The van der Waals surface area contributed by atoms with Gasteiger partial charge in [-0.2, -0.15) is 0 Å². The maximum atomic E-state index is 13.9. The predicted octanol–water partition coefficient (Wildman–Crippen LogP) is 6.86. The minimum atomic E-state index is -0.981. The number of nitrogens with zero attached hydrogens (tertiary/aromatic N) is 4. The monoisotopic (exact) mass is 616 g/mol. The minimum absolute atomic E-state index is 0.0526. The number of ether oxygens (including phenoxy) is 2. The number of imidazole rings is 1. The molecule has 1 N–H and O–H groups in total. The predicted molar refractivity (Wildman–Crippen MR) is 173 cm³/mol. The number of carbonyl (C=O) groups excluding carboxylic acids is 2. The lowest BCUT2D eigenvalue weighted by atomic mass is 9.96. The number of hydrogen-bond donors (Lipinski definition) is 1. The Morgan fingerprint density at radius 2 is 1.71 bits per heavy atom. The van der Waals surface area contributed by atoms with Crippen LogP contribution in [-0.2, 0) is 16.2 Å². The zero-order valence-electron chi connectivity index (χ0n) is 24.5. The SMILES string of the molecule is CCOc1ccc2nc(N3C(=O)C(=O)C(=C(O)c4c(C)nc5ccccn45)C3c3cccc(OCc4ccccc4)c3)sc2c1. The molecular formula is C35H28N4O5S. The molecule has 45 heavy (non-hydrogen) atoms. The Balaban J connectivity index is 1.38. The summed E-state index contributed by atoms with van der Waals surface area (Å²) in [5.41, 5.74) is 3.66. The van der Waals surface area contributed by atoms with E-state index in [1.54, 1.807) is 23.6 Å². The number of ketones is 1. The van der Waals surface area contributed by atoms with Gasteiger partial charge in [-0.3, -0.25) is 18.9 Å². The molecule has 10 heteroatoms. The van der Waals surface area contributed by atoms with Crippen LogP contribution >= 0.6 is 11.3 Å². The number of rotatable bonds is 8. The number of aliphatic hydroxyl groups excluding tert-OH is 1. The van der Waals surface area contributed by atoms with Gasteiger partial charge in [0.1, 0.15) is 29.4 Å². The maximum absolute atomic E-state index is 13.9. The first-order valence-corrected chi connectivity index (χ1v) is 15.3. The van der Waals surface area contributed by atoms with E-state index in [0.717, 1.165) is 10.3 Å². The first-order chi connectivity index (χ1) is 21.9. The normalized spacial score (nSPS) is 16.1. The first kappa shape index (κ1) is 28.3. The molecule has 7 rings (SSSR count). The average molecular weight is 617 g/mol. The second-order valence-electron chi connectivity index (χ2n) is 10.5. The van der Waals surface area contributed by atoms with Crippen LogP contribution in [0.4, 0.5) is 5.13 Å². The zero-order valence-corrected chi connectivity index (χ0v) is 25.3. The number of aryl methyl sites for hydroxylation is 1. The number of benzene rings is 3. The molecule has 224 valence electrons. The molecule has 3 aromatic heterocycles.